The molecule has 6 nitrogen and oxygen atoms in total. The summed E-state index contributed by atoms with van der Waals surface area (Å²) in [6.45, 7) is 8.75. The van der Waals surface area contributed by atoms with Crippen LogP contribution in [0.5, 0.6) is 0 Å². The summed E-state index contributed by atoms with van der Waals surface area (Å²) < 4.78 is 15.3. The van der Waals surface area contributed by atoms with Crippen LogP contribution in [0.4, 0.5) is 0 Å². The lowest BCUT2D eigenvalue weighted by Gasteiger charge is -2.18. The van der Waals surface area contributed by atoms with Gasteiger partial charge in [0, 0.05) is 18.9 Å². The highest BCUT2D eigenvalue weighted by Crippen LogP contribution is 2.11. The van der Waals surface area contributed by atoms with E-state index in [0.717, 1.165) is 19.3 Å². The lowest BCUT2D eigenvalue weighted by molar-refractivity contribution is -0.163. The molecule has 0 spiro atoms. The van der Waals surface area contributed by atoms with Crippen LogP contribution in [0.15, 0.2) is 11.6 Å². The maximum absolute atomic E-state index is 11.8. The second-order valence-corrected chi connectivity index (χ2v) is 6.83. The van der Waals surface area contributed by atoms with Crippen LogP contribution < -0.4 is 0 Å². The zero-order chi connectivity index (χ0) is 19.9. The van der Waals surface area contributed by atoms with Gasteiger partial charge in [0.1, 0.15) is 13.2 Å². The standard InChI is InChI=1S/C20H34O6/c1-6-16(4)20(23)26-18(13-24-17(5)21)14-25-19(22)12-10-8-7-9-11-15(2)3/h6,15,18H,7-14H2,1-5H3/b16-6-/t18-/m1/s1. The first-order valence-corrected chi connectivity index (χ1v) is 9.39. The van der Waals surface area contributed by atoms with Crippen LogP contribution >= 0.6 is 0 Å². The Bertz CT molecular complexity index is 467. The molecule has 0 saturated heterocycles. The molecule has 0 N–H and O–H groups in total. The molecule has 1 atom stereocenters. The third-order valence-corrected chi connectivity index (χ3v) is 3.84. The second-order valence-electron chi connectivity index (χ2n) is 6.83. The van der Waals surface area contributed by atoms with Gasteiger partial charge in [-0.3, -0.25) is 9.59 Å². The number of ether oxygens (including phenoxy) is 3. The van der Waals surface area contributed by atoms with Gasteiger partial charge < -0.3 is 14.2 Å². The highest BCUT2D eigenvalue weighted by atomic mass is 16.6. The van der Waals surface area contributed by atoms with E-state index < -0.39 is 18.0 Å². The van der Waals surface area contributed by atoms with E-state index in [9.17, 15) is 14.4 Å². The average Bonchev–Trinajstić information content (AvgIpc) is 2.58. The van der Waals surface area contributed by atoms with Gasteiger partial charge in [-0.2, -0.15) is 0 Å². The van der Waals surface area contributed by atoms with Crippen molar-refractivity contribution in [3.8, 4) is 0 Å². The zero-order valence-electron chi connectivity index (χ0n) is 16.8. The van der Waals surface area contributed by atoms with Crippen molar-refractivity contribution in [3.63, 3.8) is 0 Å². The van der Waals surface area contributed by atoms with Gasteiger partial charge in [-0.25, -0.2) is 4.79 Å². The lowest BCUT2D eigenvalue weighted by Crippen LogP contribution is -2.30. The van der Waals surface area contributed by atoms with Gasteiger partial charge >= 0.3 is 17.9 Å². The molecule has 0 rings (SSSR count). The summed E-state index contributed by atoms with van der Waals surface area (Å²) in [6, 6.07) is 0. The van der Waals surface area contributed by atoms with Crippen LogP contribution in [0.25, 0.3) is 0 Å². The highest BCUT2D eigenvalue weighted by Gasteiger charge is 2.19. The number of carbonyl (C=O) groups excluding carboxylic acids is 3. The summed E-state index contributed by atoms with van der Waals surface area (Å²) >= 11 is 0. The van der Waals surface area contributed by atoms with Crippen molar-refractivity contribution >= 4 is 17.9 Å². The molecular formula is C20H34O6. The molecule has 0 aromatic rings. The third kappa shape index (κ3) is 13.4. The van der Waals surface area contributed by atoms with Crippen molar-refractivity contribution < 1.29 is 28.6 Å². The summed E-state index contributed by atoms with van der Waals surface area (Å²) in [7, 11) is 0. The second kappa shape index (κ2) is 14.3. The molecule has 0 aromatic carbocycles. The lowest BCUT2D eigenvalue weighted by atomic mass is 10.0. The van der Waals surface area contributed by atoms with E-state index >= 15 is 0 Å². The van der Waals surface area contributed by atoms with Gasteiger partial charge in [0.25, 0.3) is 0 Å². The first-order valence-electron chi connectivity index (χ1n) is 9.39. The van der Waals surface area contributed by atoms with Crippen molar-refractivity contribution in [3.05, 3.63) is 11.6 Å². The molecule has 0 fully saturated rings. The smallest absolute Gasteiger partial charge is 0.333 e. The Balaban J connectivity index is 4.17. The fourth-order valence-electron chi connectivity index (χ4n) is 2.12. The van der Waals surface area contributed by atoms with E-state index in [2.05, 4.69) is 13.8 Å². The van der Waals surface area contributed by atoms with Crippen molar-refractivity contribution in [1.29, 1.82) is 0 Å². The largest absolute Gasteiger partial charge is 0.462 e. The van der Waals surface area contributed by atoms with E-state index in [4.69, 9.17) is 14.2 Å². The van der Waals surface area contributed by atoms with Gasteiger partial charge in [0.05, 0.1) is 0 Å². The number of hydrogen-bond donors (Lipinski definition) is 0. The van der Waals surface area contributed by atoms with Crippen molar-refractivity contribution in [2.75, 3.05) is 13.2 Å². The van der Waals surface area contributed by atoms with Crippen molar-refractivity contribution in [2.24, 2.45) is 5.92 Å². The number of carbonyl (C=O) groups is 3. The molecule has 0 amide bonds. The van der Waals surface area contributed by atoms with E-state index in [-0.39, 0.29) is 19.2 Å². The van der Waals surface area contributed by atoms with Gasteiger partial charge in [-0.15, -0.1) is 0 Å². The molecule has 150 valence electrons. The Morgan fingerprint density at radius 2 is 1.54 bits per heavy atom. The first kappa shape index (κ1) is 24.1. The molecule has 0 heterocycles. The summed E-state index contributed by atoms with van der Waals surface area (Å²) in [5.74, 6) is -0.629. The summed E-state index contributed by atoms with van der Waals surface area (Å²) in [6.07, 6.45) is 6.42. The normalized spacial score (nSPS) is 12.6. The highest BCUT2D eigenvalue weighted by molar-refractivity contribution is 5.87. The number of rotatable bonds is 13. The van der Waals surface area contributed by atoms with E-state index in [1.165, 1.54) is 19.8 Å². The van der Waals surface area contributed by atoms with Crippen molar-refractivity contribution in [2.45, 2.75) is 79.2 Å². The Hall–Kier alpha value is -1.85. The molecule has 0 unspecified atom stereocenters. The maximum atomic E-state index is 11.8. The molecule has 0 aliphatic carbocycles. The van der Waals surface area contributed by atoms with Crippen LogP contribution in [-0.2, 0) is 28.6 Å². The molecule has 26 heavy (non-hydrogen) atoms. The number of esters is 3. The predicted octanol–water partition coefficient (Wildman–Crippen LogP) is 3.97. The van der Waals surface area contributed by atoms with Crippen LogP contribution in [-0.4, -0.2) is 37.2 Å². The average molecular weight is 370 g/mol. The molecule has 0 saturated carbocycles. The molecule has 0 radical (unpaired) electrons. The van der Waals surface area contributed by atoms with E-state index in [0.29, 0.717) is 17.9 Å². The minimum absolute atomic E-state index is 0.123. The molecular weight excluding hydrogens is 336 g/mol. The van der Waals surface area contributed by atoms with Gasteiger partial charge in [0.2, 0.25) is 0 Å². The monoisotopic (exact) mass is 370 g/mol. The first-order chi connectivity index (χ1) is 12.3. The molecule has 0 aromatic heterocycles. The number of allylic oxidation sites excluding steroid dienone is 1. The fraction of sp³-hybridized carbons (Fsp3) is 0.750. The van der Waals surface area contributed by atoms with E-state index in [1.54, 1.807) is 19.9 Å². The third-order valence-electron chi connectivity index (χ3n) is 3.84. The maximum Gasteiger partial charge on any atom is 0.333 e. The minimum atomic E-state index is -0.809. The van der Waals surface area contributed by atoms with Crippen LogP contribution in [0, 0.1) is 5.92 Å². The molecule has 0 aliphatic heterocycles. The van der Waals surface area contributed by atoms with E-state index in [1.807, 2.05) is 0 Å². The number of hydrogen-bond acceptors (Lipinski definition) is 6. The number of unbranched alkanes of at least 4 members (excludes halogenated alkanes) is 3. The van der Waals surface area contributed by atoms with Crippen LogP contribution in [0.1, 0.15) is 73.1 Å². The Morgan fingerprint density at radius 1 is 0.923 bits per heavy atom. The van der Waals surface area contributed by atoms with Gasteiger partial charge in [-0.1, -0.05) is 45.6 Å². The summed E-state index contributed by atoms with van der Waals surface area (Å²) in [5.41, 5.74) is 0.436. The fourth-order valence-corrected chi connectivity index (χ4v) is 2.12. The van der Waals surface area contributed by atoms with Gasteiger partial charge in [-0.05, 0) is 26.2 Å². The Morgan fingerprint density at radius 3 is 2.12 bits per heavy atom. The minimum Gasteiger partial charge on any atom is -0.462 e. The van der Waals surface area contributed by atoms with Crippen molar-refractivity contribution in [1.82, 2.24) is 0 Å². The quantitative estimate of drug-likeness (QED) is 0.211. The Labute approximate surface area is 157 Å². The summed E-state index contributed by atoms with van der Waals surface area (Å²) in [5, 5.41) is 0. The molecule has 6 heteroatoms. The summed E-state index contributed by atoms with van der Waals surface area (Å²) in [4.78, 5) is 34.6. The Kier molecular flexibility index (Phi) is 13.3. The van der Waals surface area contributed by atoms with Gasteiger partial charge in [0.15, 0.2) is 6.10 Å². The molecule has 0 aliphatic rings. The molecule has 0 bridgehead atoms. The topological polar surface area (TPSA) is 78.9 Å². The zero-order valence-corrected chi connectivity index (χ0v) is 16.8. The van der Waals surface area contributed by atoms with Crippen LogP contribution in [0.2, 0.25) is 0 Å². The SMILES string of the molecule is C/C=C(/C)C(=O)O[C@H](COC(C)=O)COC(=O)CCCCCCC(C)C. The predicted molar refractivity (Wildman–Crippen MR) is 99.4 cm³/mol. The van der Waals surface area contributed by atoms with Crippen LogP contribution in [0.3, 0.4) is 0 Å².